The van der Waals surface area contributed by atoms with E-state index in [0.717, 1.165) is 6.54 Å². The molecule has 0 unspecified atom stereocenters. The summed E-state index contributed by atoms with van der Waals surface area (Å²) in [4.78, 5) is 0. The van der Waals surface area contributed by atoms with E-state index in [4.69, 9.17) is 0 Å². The molecule has 0 aromatic heterocycles. The first-order valence-corrected chi connectivity index (χ1v) is 5.15. The molecule has 0 aliphatic carbocycles. The number of quaternary nitrogens is 1. The molecular weight excluding hydrogens is 182 g/mol. The summed E-state index contributed by atoms with van der Waals surface area (Å²) < 4.78 is 0. The molecule has 0 fully saturated rings. The van der Waals surface area contributed by atoms with Gasteiger partial charge in [0, 0.05) is 5.56 Å². The summed E-state index contributed by atoms with van der Waals surface area (Å²) in [5.41, 5.74) is 3.84. The minimum absolute atomic E-state index is 0.940. The Morgan fingerprint density at radius 3 is 2.00 bits per heavy atom. The molecular formula is C14H15N. The molecule has 0 amide bonds. The van der Waals surface area contributed by atoms with Gasteiger partial charge in [-0.15, -0.1) is 0 Å². The number of benzene rings is 2. The zero-order chi connectivity index (χ0) is 10.5. The fourth-order valence-corrected chi connectivity index (χ4v) is 1.63. The number of hydrogen-bond donors (Lipinski definition) is 1. The van der Waals surface area contributed by atoms with Crippen molar-refractivity contribution in [3.63, 3.8) is 0 Å². The van der Waals surface area contributed by atoms with Gasteiger partial charge in [0.1, 0.15) is 0 Å². The summed E-state index contributed by atoms with van der Waals surface area (Å²) in [6, 6.07) is 19.1. The predicted octanol–water partition coefficient (Wildman–Crippen LogP) is 2.21. The minimum Gasteiger partial charge on any atom is -0.475 e. The zero-order valence-corrected chi connectivity index (χ0v) is 8.69. The summed E-state index contributed by atoms with van der Waals surface area (Å²) in [5, 5.41) is 1.93. The Hall–Kier alpha value is -1.60. The molecule has 0 aliphatic rings. The standard InChI is InChI=1S/C14H15N/c1-15-11-12-7-9-14(10-8-12)13-5-3-2-4-6-13/h2-10H,1,11,15H2. The van der Waals surface area contributed by atoms with E-state index in [0.29, 0.717) is 0 Å². The lowest BCUT2D eigenvalue weighted by atomic mass is 10.0. The van der Waals surface area contributed by atoms with Gasteiger partial charge in [-0.25, -0.2) is 0 Å². The average Bonchev–Trinajstić information content (AvgIpc) is 2.32. The van der Waals surface area contributed by atoms with E-state index in [1.54, 1.807) is 0 Å². The van der Waals surface area contributed by atoms with Crippen molar-refractivity contribution in [1.82, 2.24) is 0 Å². The second-order valence-electron chi connectivity index (χ2n) is 3.56. The van der Waals surface area contributed by atoms with Crippen LogP contribution < -0.4 is 5.32 Å². The predicted molar refractivity (Wildman–Crippen MR) is 62.9 cm³/mol. The van der Waals surface area contributed by atoms with Gasteiger partial charge in [0.05, 0.1) is 6.54 Å². The zero-order valence-electron chi connectivity index (χ0n) is 8.69. The molecule has 2 N–H and O–H groups in total. The third-order valence-corrected chi connectivity index (χ3v) is 2.44. The number of rotatable bonds is 3. The lowest BCUT2D eigenvalue weighted by molar-refractivity contribution is -0.612. The van der Waals surface area contributed by atoms with E-state index < -0.39 is 0 Å². The van der Waals surface area contributed by atoms with Crippen molar-refractivity contribution < 1.29 is 5.32 Å². The third kappa shape index (κ3) is 2.45. The second kappa shape index (κ2) is 4.76. The van der Waals surface area contributed by atoms with Gasteiger partial charge in [0.25, 0.3) is 0 Å². The van der Waals surface area contributed by atoms with E-state index in [1.807, 2.05) is 11.4 Å². The monoisotopic (exact) mass is 197 g/mol. The average molecular weight is 197 g/mol. The van der Waals surface area contributed by atoms with Crippen LogP contribution in [0, 0.1) is 7.05 Å². The van der Waals surface area contributed by atoms with Crippen molar-refractivity contribution in [2.24, 2.45) is 0 Å². The van der Waals surface area contributed by atoms with Crippen molar-refractivity contribution >= 4 is 0 Å². The Morgan fingerprint density at radius 1 is 0.800 bits per heavy atom. The SMILES string of the molecule is [CH2-][NH2+]Cc1ccc(-c2ccccc2)cc1. The van der Waals surface area contributed by atoms with Crippen LogP contribution in [0.3, 0.4) is 0 Å². The first-order chi connectivity index (χ1) is 7.40. The van der Waals surface area contributed by atoms with Gasteiger partial charge >= 0.3 is 0 Å². The van der Waals surface area contributed by atoms with Crippen molar-refractivity contribution in [3.05, 3.63) is 67.2 Å². The van der Waals surface area contributed by atoms with Crippen molar-refractivity contribution in [2.45, 2.75) is 6.54 Å². The van der Waals surface area contributed by atoms with E-state index in [2.05, 4.69) is 55.6 Å². The molecule has 0 saturated carbocycles. The van der Waals surface area contributed by atoms with Crippen molar-refractivity contribution in [2.75, 3.05) is 0 Å². The van der Waals surface area contributed by atoms with Gasteiger partial charge in [-0.2, -0.15) is 7.05 Å². The van der Waals surface area contributed by atoms with Crippen LogP contribution in [0.25, 0.3) is 11.1 Å². The van der Waals surface area contributed by atoms with E-state index >= 15 is 0 Å². The third-order valence-electron chi connectivity index (χ3n) is 2.44. The fourth-order valence-electron chi connectivity index (χ4n) is 1.63. The molecule has 2 rings (SSSR count). The van der Waals surface area contributed by atoms with Crippen LogP contribution in [0.4, 0.5) is 0 Å². The summed E-state index contributed by atoms with van der Waals surface area (Å²) in [5.74, 6) is 0. The summed E-state index contributed by atoms with van der Waals surface area (Å²) in [7, 11) is 3.74. The Kier molecular flexibility index (Phi) is 3.15. The van der Waals surface area contributed by atoms with Crippen LogP contribution in [0.5, 0.6) is 0 Å². The van der Waals surface area contributed by atoms with Gasteiger partial charge in [-0.05, 0) is 11.1 Å². The van der Waals surface area contributed by atoms with Crippen LogP contribution in [-0.4, -0.2) is 0 Å². The van der Waals surface area contributed by atoms with Crippen molar-refractivity contribution in [3.8, 4) is 11.1 Å². The lowest BCUT2D eigenvalue weighted by Crippen LogP contribution is -2.74. The molecule has 0 saturated heterocycles. The van der Waals surface area contributed by atoms with Gasteiger partial charge in [-0.3, -0.25) is 0 Å². The van der Waals surface area contributed by atoms with Crippen LogP contribution in [0.15, 0.2) is 54.6 Å². The molecule has 0 radical (unpaired) electrons. The fraction of sp³-hybridized carbons (Fsp3) is 0.0714. The van der Waals surface area contributed by atoms with Crippen LogP contribution in [0.2, 0.25) is 0 Å². The molecule has 0 spiro atoms. The highest BCUT2D eigenvalue weighted by atomic mass is 14.8. The summed E-state index contributed by atoms with van der Waals surface area (Å²) in [6.45, 7) is 0.940. The minimum atomic E-state index is 0.940. The highest BCUT2D eigenvalue weighted by molar-refractivity contribution is 5.63. The van der Waals surface area contributed by atoms with Crippen LogP contribution in [0.1, 0.15) is 5.56 Å². The molecule has 2 aromatic carbocycles. The molecule has 0 heterocycles. The Morgan fingerprint density at radius 2 is 1.40 bits per heavy atom. The van der Waals surface area contributed by atoms with Gasteiger partial charge in [-0.1, -0.05) is 54.6 Å². The number of nitrogens with two attached hydrogens (primary N) is 1. The normalized spacial score (nSPS) is 10.2. The van der Waals surface area contributed by atoms with E-state index in [9.17, 15) is 0 Å². The molecule has 0 bridgehead atoms. The van der Waals surface area contributed by atoms with E-state index in [1.165, 1.54) is 16.7 Å². The topological polar surface area (TPSA) is 16.6 Å². The summed E-state index contributed by atoms with van der Waals surface area (Å²) in [6.07, 6.45) is 0. The quantitative estimate of drug-likeness (QED) is 0.726. The van der Waals surface area contributed by atoms with Crippen molar-refractivity contribution in [1.29, 1.82) is 0 Å². The molecule has 1 heteroatoms. The van der Waals surface area contributed by atoms with Gasteiger partial charge in [0.15, 0.2) is 0 Å². The Bertz CT molecular complexity index is 403. The highest BCUT2D eigenvalue weighted by Gasteiger charge is 1.96. The lowest BCUT2D eigenvalue weighted by Gasteiger charge is -2.04. The first-order valence-electron chi connectivity index (χ1n) is 5.15. The molecule has 0 aliphatic heterocycles. The maximum Gasteiger partial charge on any atom is 0.0773 e. The first kappa shape index (κ1) is 9.94. The van der Waals surface area contributed by atoms with Gasteiger partial charge < -0.3 is 5.32 Å². The van der Waals surface area contributed by atoms with Crippen LogP contribution in [-0.2, 0) is 6.54 Å². The number of hydrogen-bond acceptors (Lipinski definition) is 0. The Labute approximate surface area is 90.8 Å². The molecule has 0 atom stereocenters. The molecule has 1 nitrogen and oxygen atoms in total. The maximum absolute atomic E-state index is 3.74. The van der Waals surface area contributed by atoms with E-state index in [-0.39, 0.29) is 0 Å². The summed E-state index contributed by atoms with van der Waals surface area (Å²) >= 11 is 0. The molecule has 76 valence electrons. The van der Waals surface area contributed by atoms with Crippen LogP contribution >= 0.6 is 0 Å². The largest absolute Gasteiger partial charge is 0.475 e. The Balaban J connectivity index is 2.24. The second-order valence-corrected chi connectivity index (χ2v) is 3.56. The highest BCUT2D eigenvalue weighted by Crippen LogP contribution is 2.18. The molecule has 2 aromatic rings. The smallest absolute Gasteiger partial charge is 0.0773 e. The molecule has 15 heavy (non-hydrogen) atoms. The maximum atomic E-state index is 3.74. The van der Waals surface area contributed by atoms with Gasteiger partial charge in [0.2, 0.25) is 0 Å².